The fourth-order valence-corrected chi connectivity index (χ4v) is 3.32. The van der Waals surface area contributed by atoms with Crippen molar-refractivity contribution in [2.75, 3.05) is 7.11 Å². The number of carboxylic acids is 1. The van der Waals surface area contributed by atoms with Crippen LogP contribution in [0, 0.1) is 0 Å². The lowest BCUT2D eigenvalue weighted by Gasteiger charge is -2.29. The van der Waals surface area contributed by atoms with E-state index in [4.69, 9.17) is 21.7 Å². The number of nitrogens with one attached hydrogen (secondary N) is 2. The molecule has 30 heavy (non-hydrogen) atoms. The summed E-state index contributed by atoms with van der Waals surface area (Å²) in [5, 5.41) is 15.7. The number of thiocarbonyl (C=S) groups is 1. The van der Waals surface area contributed by atoms with Crippen molar-refractivity contribution < 1.29 is 24.2 Å². The third-order valence-electron chi connectivity index (χ3n) is 4.44. The van der Waals surface area contributed by atoms with Gasteiger partial charge in [0, 0.05) is 11.8 Å². The Morgan fingerprint density at radius 2 is 1.87 bits per heavy atom. The molecule has 0 radical (unpaired) electrons. The highest BCUT2D eigenvalue weighted by Crippen LogP contribution is 2.34. The van der Waals surface area contributed by atoms with Crippen LogP contribution < -0.4 is 20.1 Å². The summed E-state index contributed by atoms with van der Waals surface area (Å²) in [5.41, 5.74) is 2.07. The minimum Gasteiger partial charge on any atom is -0.493 e. The Hall–Kier alpha value is -3.65. The van der Waals surface area contributed by atoms with Gasteiger partial charge in [0.15, 0.2) is 16.6 Å². The van der Waals surface area contributed by atoms with E-state index in [-0.39, 0.29) is 11.3 Å². The maximum Gasteiger partial charge on any atom is 0.336 e. The summed E-state index contributed by atoms with van der Waals surface area (Å²) in [7, 11) is 1.44. The van der Waals surface area contributed by atoms with Gasteiger partial charge in [-0.05, 0) is 48.5 Å². The molecule has 0 amide bonds. The van der Waals surface area contributed by atoms with E-state index < -0.39 is 18.0 Å². The van der Waals surface area contributed by atoms with Crippen molar-refractivity contribution in [3.8, 4) is 11.5 Å². The lowest BCUT2D eigenvalue weighted by atomic mass is 9.95. The fourth-order valence-electron chi connectivity index (χ4n) is 3.05. The van der Waals surface area contributed by atoms with Crippen LogP contribution in [0.3, 0.4) is 0 Å². The number of hydrogen-bond acceptors (Lipinski definition) is 5. The first-order chi connectivity index (χ1) is 14.4. The molecule has 1 atom stereocenters. The van der Waals surface area contributed by atoms with Gasteiger partial charge in [-0.2, -0.15) is 0 Å². The van der Waals surface area contributed by atoms with Gasteiger partial charge in [-0.25, -0.2) is 9.59 Å². The molecule has 1 heterocycles. The van der Waals surface area contributed by atoms with Crippen molar-refractivity contribution in [1.82, 2.24) is 10.6 Å². The number of carboxylic acid groups (broad SMARTS) is 1. The molecule has 3 N–H and O–H groups in total. The smallest absolute Gasteiger partial charge is 0.336 e. The normalized spacial score (nSPS) is 16.1. The first kappa shape index (κ1) is 21.1. The molecule has 0 aromatic heterocycles. The summed E-state index contributed by atoms with van der Waals surface area (Å²) in [6.45, 7) is 1.65. The van der Waals surface area contributed by atoms with Crippen molar-refractivity contribution >= 4 is 35.3 Å². The molecule has 1 aliphatic rings. The number of ether oxygens (including phenoxy) is 2. The number of benzene rings is 2. The van der Waals surface area contributed by atoms with Gasteiger partial charge in [0.05, 0.1) is 18.7 Å². The third-order valence-corrected chi connectivity index (χ3v) is 4.66. The monoisotopic (exact) mass is 424 g/mol. The van der Waals surface area contributed by atoms with Gasteiger partial charge in [-0.1, -0.05) is 36.4 Å². The van der Waals surface area contributed by atoms with E-state index in [1.807, 2.05) is 30.3 Å². The molecule has 0 saturated carbocycles. The number of hydrogen-bond donors (Lipinski definition) is 3. The summed E-state index contributed by atoms with van der Waals surface area (Å²) in [6.07, 6.45) is 2.97. The minimum absolute atomic E-state index is 0.140. The lowest BCUT2D eigenvalue weighted by Crippen LogP contribution is -2.44. The van der Waals surface area contributed by atoms with Gasteiger partial charge in [-0.3, -0.25) is 0 Å². The zero-order chi connectivity index (χ0) is 21.7. The second-order valence-corrected chi connectivity index (χ2v) is 6.86. The summed E-state index contributed by atoms with van der Waals surface area (Å²) in [6, 6.07) is 13.5. The maximum absolute atomic E-state index is 12.2. The molecule has 154 valence electrons. The topological polar surface area (TPSA) is 96.9 Å². The van der Waals surface area contributed by atoms with Crippen LogP contribution in [0.5, 0.6) is 11.5 Å². The molecule has 0 saturated heterocycles. The molecule has 2 aromatic rings. The largest absolute Gasteiger partial charge is 0.493 e. The Labute approximate surface area is 179 Å². The van der Waals surface area contributed by atoms with Crippen molar-refractivity contribution in [1.29, 1.82) is 0 Å². The van der Waals surface area contributed by atoms with E-state index in [0.29, 0.717) is 22.1 Å². The van der Waals surface area contributed by atoms with E-state index >= 15 is 0 Å². The molecule has 8 heteroatoms. The standard InChI is InChI=1S/C22H20N2O5S/c1-13-19(21(26)27)20(24-22(30)23-13)15-9-10-16(17(12-15)28-2)29-18(25)11-8-14-6-4-3-5-7-14/h3-12,20H,1-2H3,(H,26,27)(H2,23,24,30). The van der Waals surface area contributed by atoms with E-state index in [0.717, 1.165) is 5.56 Å². The molecular weight excluding hydrogens is 404 g/mol. The molecule has 7 nitrogen and oxygen atoms in total. The van der Waals surface area contributed by atoms with Gasteiger partial charge in [-0.15, -0.1) is 0 Å². The van der Waals surface area contributed by atoms with Crippen LogP contribution in [0.1, 0.15) is 24.1 Å². The molecule has 3 rings (SSSR count). The van der Waals surface area contributed by atoms with Crippen LogP contribution in [0.4, 0.5) is 0 Å². The number of carbonyl (C=O) groups excluding carboxylic acids is 1. The van der Waals surface area contributed by atoms with Gasteiger partial charge < -0.3 is 25.2 Å². The SMILES string of the molecule is COc1cc(C2NC(=S)NC(C)=C2C(=O)O)ccc1OC(=O)C=Cc1ccccc1. The van der Waals surface area contributed by atoms with Crippen LogP contribution >= 0.6 is 12.2 Å². The Morgan fingerprint density at radius 3 is 2.53 bits per heavy atom. The van der Waals surface area contributed by atoms with Crippen LogP contribution in [0.15, 0.2) is 65.9 Å². The molecule has 0 bridgehead atoms. The average molecular weight is 424 g/mol. The Kier molecular flexibility index (Phi) is 6.48. The molecule has 1 unspecified atom stereocenters. The first-order valence-corrected chi connectivity index (χ1v) is 9.44. The molecular formula is C22H20N2O5S. The average Bonchev–Trinajstić information content (AvgIpc) is 2.72. The minimum atomic E-state index is -1.07. The van der Waals surface area contributed by atoms with E-state index in [1.54, 1.807) is 31.2 Å². The Morgan fingerprint density at radius 1 is 1.13 bits per heavy atom. The van der Waals surface area contributed by atoms with Crippen LogP contribution in [0.25, 0.3) is 6.08 Å². The molecule has 0 fully saturated rings. The van der Waals surface area contributed by atoms with Crippen LogP contribution in [-0.2, 0) is 9.59 Å². The van der Waals surface area contributed by atoms with Gasteiger partial charge in [0.1, 0.15) is 0 Å². The zero-order valence-electron chi connectivity index (χ0n) is 16.3. The third kappa shape index (κ3) is 4.84. The fraction of sp³-hybridized carbons (Fsp3) is 0.136. The second-order valence-electron chi connectivity index (χ2n) is 6.45. The summed E-state index contributed by atoms with van der Waals surface area (Å²) in [5.74, 6) is -1.12. The van der Waals surface area contributed by atoms with Gasteiger partial charge >= 0.3 is 11.9 Å². The quantitative estimate of drug-likeness (QED) is 0.282. The Balaban J connectivity index is 1.83. The number of esters is 1. The molecule has 0 spiro atoms. The maximum atomic E-state index is 12.2. The Bertz CT molecular complexity index is 1050. The number of rotatable bonds is 6. The highest BCUT2D eigenvalue weighted by molar-refractivity contribution is 7.80. The predicted molar refractivity (Wildman–Crippen MR) is 116 cm³/mol. The number of carbonyl (C=O) groups is 2. The highest BCUT2D eigenvalue weighted by Gasteiger charge is 2.30. The van der Waals surface area contributed by atoms with Crippen LogP contribution in [-0.4, -0.2) is 29.3 Å². The van der Waals surface area contributed by atoms with Crippen molar-refractivity contribution in [2.24, 2.45) is 0 Å². The summed E-state index contributed by atoms with van der Waals surface area (Å²) >= 11 is 5.16. The highest BCUT2D eigenvalue weighted by atomic mass is 32.1. The predicted octanol–water partition coefficient (Wildman–Crippen LogP) is 3.19. The van der Waals surface area contributed by atoms with E-state index in [9.17, 15) is 14.7 Å². The molecule has 2 aromatic carbocycles. The molecule has 1 aliphatic heterocycles. The number of methoxy groups -OCH3 is 1. The van der Waals surface area contributed by atoms with E-state index in [1.165, 1.54) is 13.2 Å². The summed E-state index contributed by atoms with van der Waals surface area (Å²) < 4.78 is 10.7. The lowest BCUT2D eigenvalue weighted by molar-refractivity contribution is -0.133. The number of allylic oxidation sites excluding steroid dienone is 1. The second kappa shape index (κ2) is 9.23. The van der Waals surface area contributed by atoms with Gasteiger partial charge in [0.2, 0.25) is 0 Å². The summed E-state index contributed by atoms with van der Waals surface area (Å²) in [4.78, 5) is 23.9. The molecule has 0 aliphatic carbocycles. The van der Waals surface area contributed by atoms with Crippen molar-refractivity contribution in [3.05, 3.63) is 77.0 Å². The van der Waals surface area contributed by atoms with E-state index in [2.05, 4.69) is 10.6 Å². The first-order valence-electron chi connectivity index (χ1n) is 9.03. The number of aliphatic carboxylic acids is 1. The zero-order valence-corrected chi connectivity index (χ0v) is 17.2. The van der Waals surface area contributed by atoms with Crippen LogP contribution in [0.2, 0.25) is 0 Å². The van der Waals surface area contributed by atoms with Crippen molar-refractivity contribution in [2.45, 2.75) is 13.0 Å². The van der Waals surface area contributed by atoms with Gasteiger partial charge in [0.25, 0.3) is 0 Å². The van der Waals surface area contributed by atoms with Crippen molar-refractivity contribution in [3.63, 3.8) is 0 Å².